The third kappa shape index (κ3) is 5.77. The number of carbonyl (C=O) groups excluding carboxylic acids is 3. The van der Waals surface area contributed by atoms with Gasteiger partial charge in [-0.2, -0.15) is 0 Å². The van der Waals surface area contributed by atoms with Crippen molar-refractivity contribution in [2.24, 2.45) is 5.92 Å². The summed E-state index contributed by atoms with van der Waals surface area (Å²) < 4.78 is 10.2. The maximum absolute atomic E-state index is 12.4. The lowest BCUT2D eigenvalue weighted by Crippen LogP contribution is -2.27. The van der Waals surface area contributed by atoms with E-state index in [2.05, 4.69) is 0 Å². The zero-order valence-electron chi connectivity index (χ0n) is 16.0. The number of benzene rings is 2. The molecule has 0 heterocycles. The molecule has 0 amide bonds. The fourth-order valence-electron chi connectivity index (χ4n) is 2.52. The average molecular weight is 378 g/mol. The van der Waals surface area contributed by atoms with Gasteiger partial charge in [0.25, 0.3) is 0 Å². The fourth-order valence-corrected chi connectivity index (χ4v) is 2.52. The molecule has 5 nitrogen and oxygen atoms in total. The van der Waals surface area contributed by atoms with E-state index in [9.17, 15) is 14.4 Å². The molecule has 144 valence electrons. The van der Waals surface area contributed by atoms with Crippen LogP contribution in [-0.4, -0.2) is 31.6 Å². The molecule has 0 aliphatic carbocycles. The van der Waals surface area contributed by atoms with Crippen LogP contribution in [0.25, 0.3) is 12.2 Å². The molecule has 0 spiro atoms. The molecule has 0 fully saturated rings. The maximum atomic E-state index is 12.4. The highest BCUT2D eigenvalue weighted by Gasteiger charge is 2.27. The molecule has 0 N–H and O–H groups in total. The third-order valence-electron chi connectivity index (χ3n) is 4.09. The van der Waals surface area contributed by atoms with E-state index in [0.717, 1.165) is 11.1 Å². The molecular weight excluding hydrogens is 356 g/mol. The normalized spacial score (nSPS) is 11.1. The molecule has 2 rings (SSSR count). The SMILES string of the molecule is COc1ccc(/C=C/C(=O)C(C(C)=O)C(=O)/C=C/c2ccc(OC)cc2)cc1. The van der Waals surface area contributed by atoms with Gasteiger partial charge in [-0.25, -0.2) is 0 Å². The highest BCUT2D eigenvalue weighted by Crippen LogP contribution is 2.15. The molecule has 0 radical (unpaired) electrons. The van der Waals surface area contributed by atoms with Crippen molar-refractivity contribution < 1.29 is 23.9 Å². The highest BCUT2D eigenvalue weighted by molar-refractivity contribution is 6.25. The number of hydrogen-bond donors (Lipinski definition) is 0. The summed E-state index contributed by atoms with van der Waals surface area (Å²) >= 11 is 0. The molecule has 0 saturated heterocycles. The van der Waals surface area contributed by atoms with Crippen molar-refractivity contribution >= 4 is 29.5 Å². The van der Waals surface area contributed by atoms with E-state index in [1.807, 2.05) is 0 Å². The minimum absolute atomic E-state index is 0.492. The molecule has 0 atom stereocenters. The largest absolute Gasteiger partial charge is 0.497 e. The Labute approximate surface area is 164 Å². The van der Waals surface area contributed by atoms with Crippen LogP contribution in [0.3, 0.4) is 0 Å². The van der Waals surface area contributed by atoms with Gasteiger partial charge in [0.1, 0.15) is 23.2 Å². The van der Waals surface area contributed by atoms with E-state index in [1.165, 1.54) is 19.1 Å². The highest BCUT2D eigenvalue weighted by atomic mass is 16.5. The molecule has 2 aromatic carbocycles. The van der Waals surface area contributed by atoms with Crippen LogP contribution < -0.4 is 9.47 Å². The second-order valence-electron chi connectivity index (χ2n) is 6.06. The van der Waals surface area contributed by atoms with Crippen molar-refractivity contribution in [1.82, 2.24) is 0 Å². The maximum Gasteiger partial charge on any atom is 0.173 e. The first-order valence-electron chi connectivity index (χ1n) is 8.67. The molecule has 0 aliphatic rings. The van der Waals surface area contributed by atoms with Crippen LogP contribution in [0.2, 0.25) is 0 Å². The van der Waals surface area contributed by atoms with Crippen LogP contribution in [0.1, 0.15) is 18.1 Å². The van der Waals surface area contributed by atoms with Crippen LogP contribution in [0.4, 0.5) is 0 Å². The van der Waals surface area contributed by atoms with Gasteiger partial charge in [-0.1, -0.05) is 36.4 Å². The number of allylic oxidation sites excluding steroid dienone is 2. The standard InChI is InChI=1S/C23H22O5/c1-16(24)23(21(25)14-8-17-4-10-19(27-2)11-5-17)22(26)15-9-18-6-12-20(28-3)13-7-18/h4-15,23H,1-3H3/b14-8+,15-9+. The van der Waals surface area contributed by atoms with Crippen molar-refractivity contribution in [3.05, 3.63) is 71.8 Å². The summed E-state index contributed by atoms with van der Waals surface area (Å²) in [4.78, 5) is 36.7. The Balaban J connectivity index is 2.10. The summed E-state index contributed by atoms with van der Waals surface area (Å²) in [5, 5.41) is 0. The first kappa shape index (κ1) is 20.8. The van der Waals surface area contributed by atoms with Gasteiger partial charge >= 0.3 is 0 Å². The Bertz CT molecular complexity index is 820. The Morgan fingerprint density at radius 2 is 1.07 bits per heavy atom. The van der Waals surface area contributed by atoms with E-state index in [-0.39, 0.29) is 0 Å². The van der Waals surface area contributed by atoms with Crippen molar-refractivity contribution in [3.8, 4) is 11.5 Å². The molecule has 0 unspecified atom stereocenters. The van der Waals surface area contributed by atoms with Gasteiger partial charge in [0.2, 0.25) is 0 Å². The topological polar surface area (TPSA) is 69.7 Å². The number of Topliss-reactive ketones (excluding diaryl/α,β-unsaturated/α-hetero) is 1. The number of methoxy groups -OCH3 is 2. The predicted molar refractivity (Wildman–Crippen MR) is 108 cm³/mol. The summed E-state index contributed by atoms with van der Waals surface area (Å²) in [7, 11) is 3.13. The van der Waals surface area contributed by atoms with Crippen LogP contribution in [0, 0.1) is 5.92 Å². The number of carbonyl (C=O) groups is 3. The van der Waals surface area contributed by atoms with E-state index < -0.39 is 23.3 Å². The minimum atomic E-state index is -1.34. The summed E-state index contributed by atoms with van der Waals surface area (Å²) in [5.74, 6) is -1.54. The molecule has 0 aliphatic heterocycles. The van der Waals surface area contributed by atoms with E-state index >= 15 is 0 Å². The van der Waals surface area contributed by atoms with E-state index in [1.54, 1.807) is 74.9 Å². The van der Waals surface area contributed by atoms with Gasteiger partial charge in [0.05, 0.1) is 14.2 Å². The van der Waals surface area contributed by atoms with Crippen LogP contribution in [0.15, 0.2) is 60.7 Å². The lowest BCUT2D eigenvalue weighted by molar-refractivity contribution is -0.135. The molecule has 0 saturated carbocycles. The Kier molecular flexibility index (Phi) is 7.45. The van der Waals surface area contributed by atoms with Gasteiger partial charge in [-0.3, -0.25) is 14.4 Å². The Morgan fingerprint density at radius 3 is 1.36 bits per heavy atom. The lowest BCUT2D eigenvalue weighted by Gasteiger charge is -2.06. The third-order valence-corrected chi connectivity index (χ3v) is 4.09. The summed E-state index contributed by atoms with van der Waals surface area (Å²) in [5.41, 5.74) is 1.52. The Hall–Kier alpha value is -3.47. The summed E-state index contributed by atoms with van der Waals surface area (Å²) in [6.45, 7) is 1.24. The van der Waals surface area contributed by atoms with Crippen LogP contribution in [-0.2, 0) is 14.4 Å². The summed E-state index contributed by atoms with van der Waals surface area (Å²) in [6, 6.07) is 14.1. The predicted octanol–water partition coefficient (Wildman–Crippen LogP) is 3.77. The van der Waals surface area contributed by atoms with Crippen molar-refractivity contribution in [1.29, 1.82) is 0 Å². The zero-order chi connectivity index (χ0) is 20.5. The molecule has 0 aromatic heterocycles. The van der Waals surface area contributed by atoms with Gasteiger partial charge in [0, 0.05) is 0 Å². The minimum Gasteiger partial charge on any atom is -0.497 e. The van der Waals surface area contributed by atoms with Crippen molar-refractivity contribution in [2.75, 3.05) is 14.2 Å². The molecule has 2 aromatic rings. The zero-order valence-corrected chi connectivity index (χ0v) is 16.0. The second-order valence-corrected chi connectivity index (χ2v) is 6.06. The lowest BCUT2D eigenvalue weighted by atomic mass is 9.93. The molecule has 0 bridgehead atoms. The van der Waals surface area contributed by atoms with Crippen molar-refractivity contribution in [2.45, 2.75) is 6.92 Å². The van der Waals surface area contributed by atoms with Gasteiger partial charge in [-0.15, -0.1) is 0 Å². The number of rotatable bonds is 9. The van der Waals surface area contributed by atoms with Crippen LogP contribution in [0.5, 0.6) is 11.5 Å². The molecule has 28 heavy (non-hydrogen) atoms. The van der Waals surface area contributed by atoms with E-state index in [0.29, 0.717) is 11.5 Å². The summed E-state index contributed by atoms with van der Waals surface area (Å²) in [6.07, 6.45) is 5.65. The number of ketones is 3. The number of ether oxygens (including phenoxy) is 2. The average Bonchev–Trinajstić information content (AvgIpc) is 2.71. The monoisotopic (exact) mass is 378 g/mol. The molecule has 5 heteroatoms. The van der Waals surface area contributed by atoms with Gasteiger partial charge in [-0.05, 0) is 54.5 Å². The smallest absolute Gasteiger partial charge is 0.173 e. The quantitative estimate of drug-likeness (QED) is 0.491. The first-order chi connectivity index (χ1) is 13.4. The first-order valence-corrected chi connectivity index (χ1v) is 8.67. The fraction of sp³-hybridized carbons (Fsp3) is 0.174. The number of hydrogen-bond acceptors (Lipinski definition) is 5. The molecular formula is C23H22O5. The van der Waals surface area contributed by atoms with Crippen molar-refractivity contribution in [3.63, 3.8) is 0 Å². The second kappa shape index (κ2) is 10.0. The Morgan fingerprint density at radius 1 is 0.714 bits per heavy atom. The van der Waals surface area contributed by atoms with Gasteiger partial charge in [0.15, 0.2) is 11.6 Å². The van der Waals surface area contributed by atoms with Crippen LogP contribution >= 0.6 is 0 Å². The van der Waals surface area contributed by atoms with E-state index in [4.69, 9.17) is 9.47 Å². The van der Waals surface area contributed by atoms with Gasteiger partial charge < -0.3 is 9.47 Å².